The van der Waals surface area contributed by atoms with Gasteiger partial charge in [0.05, 0.1) is 5.75 Å². The second kappa shape index (κ2) is 13.7. The van der Waals surface area contributed by atoms with E-state index >= 15 is 0 Å². The first-order valence-electron chi connectivity index (χ1n) is 10.6. The number of nitrogens with zero attached hydrogens (tertiary/aromatic N) is 1. The molecule has 0 aliphatic heterocycles. The zero-order chi connectivity index (χ0) is 22.6. The SMILES string of the molecule is CCCCNC(=O)C(CC)N(Cc1ccccc1Cl)C(=O)CSCc1ccccc1Cl. The molecule has 0 spiro atoms. The predicted molar refractivity (Wildman–Crippen MR) is 132 cm³/mol. The van der Waals surface area contributed by atoms with E-state index in [1.807, 2.05) is 49.4 Å². The van der Waals surface area contributed by atoms with Gasteiger partial charge in [0.1, 0.15) is 6.04 Å². The van der Waals surface area contributed by atoms with Gasteiger partial charge >= 0.3 is 0 Å². The molecule has 1 unspecified atom stereocenters. The maximum absolute atomic E-state index is 13.2. The molecule has 2 aromatic rings. The molecule has 0 fully saturated rings. The Morgan fingerprint density at radius 1 is 1.00 bits per heavy atom. The summed E-state index contributed by atoms with van der Waals surface area (Å²) in [6, 6.07) is 14.5. The number of hydrogen-bond donors (Lipinski definition) is 1. The van der Waals surface area contributed by atoms with E-state index in [4.69, 9.17) is 23.2 Å². The van der Waals surface area contributed by atoms with Crippen LogP contribution in [0.4, 0.5) is 0 Å². The molecule has 0 aliphatic carbocycles. The van der Waals surface area contributed by atoms with E-state index in [2.05, 4.69) is 12.2 Å². The van der Waals surface area contributed by atoms with E-state index in [0.29, 0.717) is 35.3 Å². The molecule has 0 bridgehead atoms. The fourth-order valence-electron chi connectivity index (χ4n) is 3.18. The van der Waals surface area contributed by atoms with Crippen molar-refractivity contribution in [3.63, 3.8) is 0 Å². The summed E-state index contributed by atoms with van der Waals surface area (Å²) in [5, 5.41) is 4.25. The van der Waals surface area contributed by atoms with Gasteiger partial charge in [-0.1, -0.05) is 79.9 Å². The molecule has 0 aromatic heterocycles. The molecule has 168 valence electrons. The van der Waals surface area contributed by atoms with Crippen LogP contribution in [0.1, 0.15) is 44.2 Å². The van der Waals surface area contributed by atoms with Crippen molar-refractivity contribution in [2.45, 2.75) is 51.4 Å². The summed E-state index contributed by atoms with van der Waals surface area (Å²) in [7, 11) is 0. The van der Waals surface area contributed by atoms with Crippen molar-refractivity contribution in [2.24, 2.45) is 0 Å². The quantitative estimate of drug-likeness (QED) is 0.381. The van der Waals surface area contributed by atoms with Crippen LogP contribution in [0.3, 0.4) is 0 Å². The van der Waals surface area contributed by atoms with E-state index in [0.717, 1.165) is 24.0 Å². The molecule has 0 heterocycles. The second-order valence-corrected chi connectivity index (χ2v) is 9.07. The molecule has 2 amide bonds. The van der Waals surface area contributed by atoms with Crippen molar-refractivity contribution in [2.75, 3.05) is 12.3 Å². The lowest BCUT2D eigenvalue weighted by atomic mass is 10.1. The largest absolute Gasteiger partial charge is 0.354 e. The molecule has 0 radical (unpaired) electrons. The molecule has 2 aromatic carbocycles. The topological polar surface area (TPSA) is 49.4 Å². The molecule has 0 saturated carbocycles. The third-order valence-electron chi connectivity index (χ3n) is 4.95. The number of rotatable bonds is 12. The Morgan fingerprint density at radius 2 is 1.61 bits per heavy atom. The number of thioether (sulfide) groups is 1. The maximum Gasteiger partial charge on any atom is 0.242 e. The highest BCUT2D eigenvalue weighted by molar-refractivity contribution is 7.99. The van der Waals surface area contributed by atoms with Gasteiger partial charge in [-0.3, -0.25) is 9.59 Å². The number of halogens is 2. The Morgan fingerprint density at radius 3 is 2.19 bits per heavy atom. The molecule has 4 nitrogen and oxygen atoms in total. The van der Waals surface area contributed by atoms with Crippen LogP contribution in [-0.2, 0) is 21.9 Å². The van der Waals surface area contributed by atoms with Crippen LogP contribution in [0.5, 0.6) is 0 Å². The van der Waals surface area contributed by atoms with Gasteiger partial charge in [-0.15, -0.1) is 11.8 Å². The van der Waals surface area contributed by atoms with Crippen molar-refractivity contribution in [1.82, 2.24) is 10.2 Å². The van der Waals surface area contributed by atoms with Crippen molar-refractivity contribution in [3.8, 4) is 0 Å². The molecule has 0 saturated heterocycles. The van der Waals surface area contributed by atoms with Gasteiger partial charge in [-0.05, 0) is 36.1 Å². The van der Waals surface area contributed by atoms with Gasteiger partial charge in [0, 0.05) is 28.9 Å². The molecule has 7 heteroatoms. The van der Waals surface area contributed by atoms with E-state index in [1.54, 1.807) is 11.0 Å². The Bertz CT molecular complexity index is 863. The zero-order valence-electron chi connectivity index (χ0n) is 18.1. The second-order valence-electron chi connectivity index (χ2n) is 7.27. The molecule has 0 aliphatic rings. The number of unbranched alkanes of at least 4 members (excludes halogenated alkanes) is 1. The lowest BCUT2D eigenvalue weighted by Crippen LogP contribution is -2.49. The fourth-order valence-corrected chi connectivity index (χ4v) is 4.57. The van der Waals surface area contributed by atoms with Crippen LogP contribution in [-0.4, -0.2) is 35.1 Å². The Balaban J connectivity index is 2.13. The standard InChI is InChI=1S/C24H30Cl2N2O2S/c1-3-5-14-27-24(30)22(4-2)28(15-18-10-6-8-12-20(18)25)23(29)17-31-16-19-11-7-9-13-21(19)26/h6-13,22H,3-5,14-17H2,1-2H3,(H,27,30). The van der Waals surface area contributed by atoms with Gasteiger partial charge < -0.3 is 10.2 Å². The Kier molecular flexibility index (Phi) is 11.3. The third kappa shape index (κ3) is 8.06. The first kappa shape index (κ1) is 25.6. The highest BCUT2D eigenvalue weighted by Crippen LogP contribution is 2.23. The predicted octanol–water partition coefficient (Wildman–Crippen LogP) is 5.95. The van der Waals surface area contributed by atoms with Crippen molar-refractivity contribution >= 4 is 46.8 Å². The average molecular weight is 481 g/mol. The molecule has 31 heavy (non-hydrogen) atoms. The summed E-state index contributed by atoms with van der Waals surface area (Å²) in [5.74, 6) is 0.682. The summed E-state index contributed by atoms with van der Waals surface area (Å²) >= 11 is 14.1. The number of hydrogen-bond acceptors (Lipinski definition) is 3. The minimum Gasteiger partial charge on any atom is -0.354 e. The lowest BCUT2D eigenvalue weighted by molar-refractivity contribution is -0.139. The summed E-state index contributed by atoms with van der Waals surface area (Å²) in [6.07, 6.45) is 2.44. The number of carbonyl (C=O) groups is 2. The van der Waals surface area contributed by atoms with E-state index < -0.39 is 6.04 Å². The minimum atomic E-state index is -0.540. The van der Waals surface area contributed by atoms with Crippen LogP contribution in [0.15, 0.2) is 48.5 Å². The number of amides is 2. The monoisotopic (exact) mass is 480 g/mol. The zero-order valence-corrected chi connectivity index (χ0v) is 20.4. The third-order valence-corrected chi connectivity index (χ3v) is 6.66. The van der Waals surface area contributed by atoms with Crippen LogP contribution in [0.2, 0.25) is 10.0 Å². The van der Waals surface area contributed by atoms with Crippen molar-refractivity contribution < 1.29 is 9.59 Å². The highest BCUT2D eigenvalue weighted by atomic mass is 35.5. The van der Waals surface area contributed by atoms with Gasteiger partial charge in [0.15, 0.2) is 0 Å². The van der Waals surface area contributed by atoms with Crippen LogP contribution in [0.25, 0.3) is 0 Å². The molecule has 2 rings (SSSR count). The number of nitrogens with one attached hydrogen (secondary N) is 1. The summed E-state index contributed by atoms with van der Waals surface area (Å²) in [5.41, 5.74) is 1.82. The van der Waals surface area contributed by atoms with Gasteiger partial charge in [-0.25, -0.2) is 0 Å². The normalized spacial score (nSPS) is 11.7. The highest BCUT2D eigenvalue weighted by Gasteiger charge is 2.28. The summed E-state index contributed by atoms with van der Waals surface area (Å²) in [4.78, 5) is 27.7. The van der Waals surface area contributed by atoms with E-state index in [1.165, 1.54) is 11.8 Å². The fraction of sp³-hybridized carbons (Fsp3) is 0.417. The van der Waals surface area contributed by atoms with Crippen LogP contribution in [0, 0.1) is 0 Å². The maximum atomic E-state index is 13.2. The molecular weight excluding hydrogens is 451 g/mol. The van der Waals surface area contributed by atoms with E-state index in [-0.39, 0.29) is 17.6 Å². The van der Waals surface area contributed by atoms with Crippen molar-refractivity contribution in [1.29, 1.82) is 0 Å². The van der Waals surface area contributed by atoms with Gasteiger partial charge in [0.25, 0.3) is 0 Å². The minimum absolute atomic E-state index is 0.0885. The number of carbonyl (C=O) groups excluding carboxylic acids is 2. The van der Waals surface area contributed by atoms with Crippen LogP contribution < -0.4 is 5.32 Å². The lowest BCUT2D eigenvalue weighted by Gasteiger charge is -2.31. The smallest absolute Gasteiger partial charge is 0.242 e. The summed E-state index contributed by atoms with van der Waals surface area (Å²) < 4.78 is 0. The Labute approximate surface area is 199 Å². The van der Waals surface area contributed by atoms with Crippen molar-refractivity contribution in [3.05, 3.63) is 69.7 Å². The molecule has 1 atom stereocenters. The van der Waals surface area contributed by atoms with Crippen LogP contribution >= 0.6 is 35.0 Å². The average Bonchev–Trinajstić information content (AvgIpc) is 2.76. The van der Waals surface area contributed by atoms with E-state index in [9.17, 15) is 9.59 Å². The first-order valence-corrected chi connectivity index (χ1v) is 12.5. The van der Waals surface area contributed by atoms with Gasteiger partial charge in [0.2, 0.25) is 11.8 Å². The molecule has 1 N–H and O–H groups in total. The Hall–Kier alpha value is -1.69. The number of benzene rings is 2. The summed E-state index contributed by atoms with van der Waals surface area (Å²) in [6.45, 7) is 4.91. The first-order chi connectivity index (χ1) is 15.0. The molecular formula is C24H30Cl2N2O2S. The van der Waals surface area contributed by atoms with Gasteiger partial charge in [-0.2, -0.15) is 0 Å².